The molecule has 0 aliphatic heterocycles. The molecule has 0 heterocycles. The molecule has 1 fully saturated rings. The van der Waals surface area contributed by atoms with Gasteiger partial charge in [-0.1, -0.05) is 23.8 Å². The van der Waals surface area contributed by atoms with Crippen molar-refractivity contribution in [3.63, 3.8) is 0 Å². The molecule has 0 saturated heterocycles. The topological polar surface area (TPSA) is 84.5 Å². The number of methoxy groups -OCH3 is 1. The summed E-state index contributed by atoms with van der Waals surface area (Å²) >= 11 is 0. The molecule has 28 heavy (non-hydrogen) atoms. The number of ether oxygens (including phenoxy) is 1. The monoisotopic (exact) mass is 402 g/mol. The number of carbonyl (C=O) groups is 1. The van der Waals surface area contributed by atoms with Gasteiger partial charge in [0.15, 0.2) is 0 Å². The highest BCUT2D eigenvalue weighted by molar-refractivity contribution is 7.89. The van der Waals surface area contributed by atoms with Gasteiger partial charge in [-0.05, 0) is 57.4 Å². The van der Waals surface area contributed by atoms with E-state index in [2.05, 4.69) is 10.0 Å². The van der Waals surface area contributed by atoms with Crippen LogP contribution in [0.1, 0.15) is 52.9 Å². The number of nitrogens with one attached hydrogen (secondary N) is 2. The van der Waals surface area contributed by atoms with Gasteiger partial charge in [0.1, 0.15) is 5.75 Å². The van der Waals surface area contributed by atoms with Crippen LogP contribution in [0.15, 0.2) is 41.3 Å². The first-order chi connectivity index (χ1) is 13.2. The average molecular weight is 403 g/mol. The normalized spacial score (nSPS) is 15.1. The van der Waals surface area contributed by atoms with Crippen molar-refractivity contribution in [1.29, 1.82) is 0 Å². The third-order valence-electron chi connectivity index (χ3n) is 4.86. The molecular formula is C21H26N2O4S. The maximum Gasteiger partial charge on any atom is 0.252 e. The third kappa shape index (κ3) is 4.54. The number of sulfonamides is 1. The second kappa shape index (κ2) is 7.93. The summed E-state index contributed by atoms with van der Waals surface area (Å²) in [6, 6.07) is 10.1. The molecule has 1 aliphatic rings. The summed E-state index contributed by atoms with van der Waals surface area (Å²) in [5.74, 6) is 0.372. The van der Waals surface area contributed by atoms with Crippen LogP contribution in [-0.4, -0.2) is 27.5 Å². The molecule has 1 atom stereocenters. The Bertz CT molecular complexity index is 997. The van der Waals surface area contributed by atoms with Crippen molar-refractivity contribution in [3.05, 3.63) is 58.7 Å². The van der Waals surface area contributed by atoms with E-state index in [1.807, 2.05) is 32.0 Å². The summed E-state index contributed by atoms with van der Waals surface area (Å²) in [7, 11) is -2.03. The van der Waals surface area contributed by atoms with Crippen LogP contribution >= 0.6 is 0 Å². The van der Waals surface area contributed by atoms with E-state index in [1.54, 1.807) is 20.1 Å². The second-order valence-corrected chi connectivity index (χ2v) is 9.03. The first-order valence-electron chi connectivity index (χ1n) is 9.29. The van der Waals surface area contributed by atoms with Gasteiger partial charge in [0.2, 0.25) is 10.0 Å². The molecule has 1 amide bonds. The molecular weight excluding hydrogens is 376 g/mol. The number of aryl methyl sites for hydroxylation is 2. The van der Waals surface area contributed by atoms with E-state index in [4.69, 9.17) is 4.74 Å². The van der Waals surface area contributed by atoms with Crippen LogP contribution in [-0.2, 0) is 10.0 Å². The van der Waals surface area contributed by atoms with Crippen molar-refractivity contribution >= 4 is 15.9 Å². The Balaban J connectivity index is 1.84. The van der Waals surface area contributed by atoms with Crippen molar-refractivity contribution in [3.8, 4) is 5.75 Å². The number of carbonyl (C=O) groups excluding carboxylic acids is 1. The zero-order valence-corrected chi connectivity index (χ0v) is 17.4. The Morgan fingerprint density at radius 2 is 1.86 bits per heavy atom. The zero-order chi connectivity index (χ0) is 20.5. The zero-order valence-electron chi connectivity index (χ0n) is 16.6. The van der Waals surface area contributed by atoms with E-state index in [1.165, 1.54) is 12.1 Å². The fraction of sp³-hybridized carbons (Fsp3) is 0.381. The number of rotatable bonds is 7. The summed E-state index contributed by atoms with van der Waals surface area (Å²) in [6.45, 7) is 5.64. The standard InChI is InChI=1S/C21H26N2O4S/c1-13-5-10-20(27-4)19(11-13)15(3)22-21(24)18-12-17(9-6-14(18)2)28(25,26)23-16-7-8-16/h5-6,9-12,15-16,23H,7-8H2,1-4H3,(H,22,24)/t15-/m1/s1. The molecule has 0 unspecified atom stereocenters. The molecule has 150 valence electrons. The van der Waals surface area contributed by atoms with E-state index >= 15 is 0 Å². The smallest absolute Gasteiger partial charge is 0.252 e. The van der Waals surface area contributed by atoms with Gasteiger partial charge in [-0.3, -0.25) is 4.79 Å². The molecule has 1 aliphatic carbocycles. The predicted molar refractivity (Wildman–Crippen MR) is 108 cm³/mol. The first-order valence-corrected chi connectivity index (χ1v) is 10.8. The quantitative estimate of drug-likeness (QED) is 0.745. The predicted octanol–water partition coefficient (Wildman–Crippen LogP) is 3.24. The van der Waals surface area contributed by atoms with E-state index in [9.17, 15) is 13.2 Å². The molecule has 2 N–H and O–H groups in total. The maximum absolute atomic E-state index is 12.9. The van der Waals surface area contributed by atoms with Gasteiger partial charge in [-0.2, -0.15) is 0 Å². The fourth-order valence-corrected chi connectivity index (χ4v) is 4.38. The molecule has 2 aromatic carbocycles. The highest BCUT2D eigenvalue weighted by Gasteiger charge is 2.28. The highest BCUT2D eigenvalue weighted by Crippen LogP contribution is 2.27. The molecule has 6 nitrogen and oxygen atoms in total. The van der Waals surface area contributed by atoms with Crippen LogP contribution in [0.5, 0.6) is 5.75 Å². The number of hydrogen-bond donors (Lipinski definition) is 2. The summed E-state index contributed by atoms with van der Waals surface area (Å²) in [5.41, 5.74) is 2.99. The summed E-state index contributed by atoms with van der Waals surface area (Å²) in [6.07, 6.45) is 1.71. The van der Waals surface area contributed by atoms with Crippen molar-refractivity contribution < 1.29 is 17.9 Å². The van der Waals surface area contributed by atoms with Gasteiger partial charge in [0.05, 0.1) is 18.0 Å². The van der Waals surface area contributed by atoms with E-state index in [0.717, 1.165) is 24.0 Å². The molecule has 2 aromatic rings. The van der Waals surface area contributed by atoms with E-state index < -0.39 is 10.0 Å². The number of benzene rings is 2. The lowest BCUT2D eigenvalue weighted by atomic mass is 10.0. The summed E-state index contributed by atoms with van der Waals surface area (Å²) in [4.78, 5) is 13.0. The van der Waals surface area contributed by atoms with Gasteiger partial charge < -0.3 is 10.1 Å². The van der Waals surface area contributed by atoms with Crippen LogP contribution in [0.25, 0.3) is 0 Å². The van der Waals surface area contributed by atoms with Crippen molar-refractivity contribution in [2.75, 3.05) is 7.11 Å². The Kier molecular flexibility index (Phi) is 5.76. The lowest BCUT2D eigenvalue weighted by Crippen LogP contribution is -2.29. The molecule has 3 rings (SSSR count). The Morgan fingerprint density at radius 3 is 2.50 bits per heavy atom. The molecule has 7 heteroatoms. The van der Waals surface area contributed by atoms with Gasteiger partial charge in [-0.25, -0.2) is 13.1 Å². The lowest BCUT2D eigenvalue weighted by molar-refractivity contribution is 0.0938. The Hall–Kier alpha value is -2.38. The first kappa shape index (κ1) is 20.4. The van der Waals surface area contributed by atoms with Crippen LogP contribution < -0.4 is 14.8 Å². The van der Waals surface area contributed by atoms with Crippen molar-refractivity contribution in [1.82, 2.24) is 10.0 Å². The molecule has 1 saturated carbocycles. The second-order valence-electron chi connectivity index (χ2n) is 7.31. The largest absolute Gasteiger partial charge is 0.496 e. The molecule has 0 aromatic heterocycles. The van der Waals surface area contributed by atoms with Gasteiger partial charge in [-0.15, -0.1) is 0 Å². The van der Waals surface area contributed by atoms with Crippen molar-refractivity contribution in [2.24, 2.45) is 0 Å². The van der Waals surface area contributed by atoms with Crippen LogP contribution in [0, 0.1) is 13.8 Å². The summed E-state index contributed by atoms with van der Waals surface area (Å²) in [5, 5.41) is 2.95. The molecule has 0 bridgehead atoms. The number of hydrogen-bond acceptors (Lipinski definition) is 4. The average Bonchev–Trinajstić information content (AvgIpc) is 3.45. The highest BCUT2D eigenvalue weighted by atomic mass is 32.2. The van der Waals surface area contributed by atoms with Gasteiger partial charge in [0.25, 0.3) is 5.91 Å². The Labute approximate surface area is 166 Å². The van der Waals surface area contributed by atoms with Crippen molar-refractivity contribution in [2.45, 2.75) is 50.6 Å². The minimum absolute atomic E-state index is 0.0115. The summed E-state index contributed by atoms with van der Waals surface area (Å²) < 4.78 is 33.0. The minimum atomic E-state index is -3.62. The van der Waals surface area contributed by atoms with E-state index in [-0.39, 0.29) is 22.9 Å². The third-order valence-corrected chi connectivity index (χ3v) is 6.38. The van der Waals surface area contributed by atoms with Crippen LogP contribution in [0.4, 0.5) is 0 Å². The maximum atomic E-state index is 12.9. The Morgan fingerprint density at radius 1 is 1.14 bits per heavy atom. The van der Waals surface area contributed by atoms with Crippen LogP contribution in [0.2, 0.25) is 0 Å². The van der Waals surface area contributed by atoms with Gasteiger partial charge in [0, 0.05) is 17.2 Å². The van der Waals surface area contributed by atoms with E-state index in [0.29, 0.717) is 16.9 Å². The number of amides is 1. The minimum Gasteiger partial charge on any atom is -0.496 e. The van der Waals surface area contributed by atoms with Gasteiger partial charge >= 0.3 is 0 Å². The molecule has 0 spiro atoms. The molecule has 0 radical (unpaired) electrons. The lowest BCUT2D eigenvalue weighted by Gasteiger charge is -2.19. The van der Waals surface area contributed by atoms with Crippen LogP contribution in [0.3, 0.4) is 0 Å². The SMILES string of the molecule is COc1ccc(C)cc1[C@@H](C)NC(=O)c1cc(S(=O)(=O)NC2CC2)ccc1C. The fourth-order valence-electron chi connectivity index (χ4n) is 3.05.